The Morgan fingerprint density at radius 1 is 1.29 bits per heavy atom. The first-order valence-electron chi connectivity index (χ1n) is 6.47. The van der Waals surface area contributed by atoms with Crippen LogP contribution in [0.5, 0.6) is 0 Å². The molecule has 1 atom stereocenters. The Bertz CT molecular complexity index is 260. The number of nitrogens with two attached hydrogens (primary N) is 1. The molecule has 98 valence electrons. The van der Waals surface area contributed by atoms with E-state index in [1.54, 1.807) is 0 Å². The van der Waals surface area contributed by atoms with E-state index in [9.17, 15) is 4.79 Å². The first kappa shape index (κ1) is 12.8. The molecule has 5 heteroatoms. The van der Waals surface area contributed by atoms with Crippen LogP contribution in [0.25, 0.3) is 0 Å². The van der Waals surface area contributed by atoms with E-state index in [2.05, 4.69) is 14.5 Å². The van der Waals surface area contributed by atoms with Crippen LogP contribution >= 0.6 is 0 Å². The van der Waals surface area contributed by atoms with E-state index >= 15 is 0 Å². The van der Waals surface area contributed by atoms with Crippen LogP contribution in [0, 0.1) is 5.92 Å². The lowest BCUT2D eigenvalue weighted by Crippen LogP contribution is -2.51. The van der Waals surface area contributed by atoms with Gasteiger partial charge in [-0.25, -0.2) is 0 Å². The van der Waals surface area contributed by atoms with Crippen molar-refractivity contribution >= 4 is 5.97 Å². The van der Waals surface area contributed by atoms with Gasteiger partial charge in [0.15, 0.2) is 0 Å². The van der Waals surface area contributed by atoms with Gasteiger partial charge in [0.25, 0.3) is 0 Å². The summed E-state index contributed by atoms with van der Waals surface area (Å²) < 4.78 is 4.63. The summed E-state index contributed by atoms with van der Waals surface area (Å²) in [4.78, 5) is 16.0. The van der Waals surface area contributed by atoms with Crippen LogP contribution in [0.2, 0.25) is 0 Å². The van der Waals surface area contributed by atoms with Crippen molar-refractivity contribution in [3.8, 4) is 0 Å². The summed E-state index contributed by atoms with van der Waals surface area (Å²) in [5.41, 5.74) is 5.75. The number of hydrogen-bond acceptors (Lipinski definition) is 5. The number of esters is 1. The standard InChI is InChI=1S/C12H23N3O2/c1-17-12(16)11(13)9-15-6-4-14(5-7-15)8-10-2-3-10/h10-11H,2-9,13H2,1H3. The van der Waals surface area contributed by atoms with E-state index in [0.717, 1.165) is 32.1 Å². The molecule has 1 saturated heterocycles. The molecule has 0 aromatic rings. The molecule has 2 aliphatic rings. The Labute approximate surface area is 103 Å². The van der Waals surface area contributed by atoms with Crippen LogP contribution in [0.15, 0.2) is 0 Å². The molecule has 0 spiro atoms. The predicted octanol–water partition coefficient (Wildman–Crippen LogP) is -0.486. The summed E-state index contributed by atoms with van der Waals surface area (Å²) in [5.74, 6) is 0.643. The van der Waals surface area contributed by atoms with Gasteiger partial charge < -0.3 is 15.4 Å². The first-order chi connectivity index (χ1) is 8.19. The van der Waals surface area contributed by atoms with Gasteiger partial charge in [0.1, 0.15) is 6.04 Å². The summed E-state index contributed by atoms with van der Waals surface area (Å²) in [6, 6.07) is -0.505. The van der Waals surface area contributed by atoms with Crippen molar-refractivity contribution in [2.24, 2.45) is 11.7 Å². The topological polar surface area (TPSA) is 58.8 Å². The van der Waals surface area contributed by atoms with Crippen LogP contribution in [-0.2, 0) is 9.53 Å². The van der Waals surface area contributed by atoms with Crippen molar-refractivity contribution in [3.63, 3.8) is 0 Å². The minimum Gasteiger partial charge on any atom is -0.468 e. The molecule has 1 unspecified atom stereocenters. The van der Waals surface area contributed by atoms with Crippen LogP contribution in [-0.4, -0.2) is 68.2 Å². The molecule has 2 rings (SSSR count). The van der Waals surface area contributed by atoms with Crippen LogP contribution in [0.4, 0.5) is 0 Å². The molecule has 0 amide bonds. The number of methoxy groups -OCH3 is 1. The number of ether oxygens (including phenoxy) is 1. The van der Waals surface area contributed by atoms with Gasteiger partial charge in [-0.05, 0) is 18.8 Å². The maximum atomic E-state index is 11.2. The minimum absolute atomic E-state index is 0.314. The highest BCUT2D eigenvalue weighted by atomic mass is 16.5. The van der Waals surface area contributed by atoms with Crippen molar-refractivity contribution in [3.05, 3.63) is 0 Å². The molecular formula is C12H23N3O2. The zero-order chi connectivity index (χ0) is 12.3. The number of piperazine rings is 1. The van der Waals surface area contributed by atoms with E-state index in [4.69, 9.17) is 5.73 Å². The van der Waals surface area contributed by atoms with Crippen LogP contribution < -0.4 is 5.73 Å². The average Bonchev–Trinajstić information content (AvgIpc) is 3.14. The van der Waals surface area contributed by atoms with E-state index in [1.165, 1.54) is 26.5 Å². The van der Waals surface area contributed by atoms with Gasteiger partial charge in [-0.1, -0.05) is 0 Å². The summed E-state index contributed by atoms with van der Waals surface area (Å²) in [5, 5.41) is 0. The summed E-state index contributed by atoms with van der Waals surface area (Å²) in [7, 11) is 1.38. The summed E-state index contributed by atoms with van der Waals surface area (Å²) >= 11 is 0. The lowest BCUT2D eigenvalue weighted by Gasteiger charge is -2.35. The van der Waals surface area contributed by atoms with Crippen molar-refractivity contribution < 1.29 is 9.53 Å². The highest BCUT2D eigenvalue weighted by Crippen LogP contribution is 2.29. The van der Waals surface area contributed by atoms with E-state index < -0.39 is 6.04 Å². The molecule has 2 N–H and O–H groups in total. The maximum Gasteiger partial charge on any atom is 0.323 e. The van der Waals surface area contributed by atoms with Crippen molar-refractivity contribution in [2.45, 2.75) is 18.9 Å². The van der Waals surface area contributed by atoms with E-state index in [1.807, 2.05) is 0 Å². The van der Waals surface area contributed by atoms with Crippen molar-refractivity contribution in [1.29, 1.82) is 0 Å². The Balaban J connectivity index is 1.65. The van der Waals surface area contributed by atoms with Gasteiger partial charge in [0.2, 0.25) is 0 Å². The molecule has 0 aromatic carbocycles. The first-order valence-corrected chi connectivity index (χ1v) is 6.47. The van der Waals surface area contributed by atoms with Gasteiger partial charge in [-0.3, -0.25) is 9.69 Å². The van der Waals surface area contributed by atoms with Crippen LogP contribution in [0.3, 0.4) is 0 Å². The molecule has 1 saturated carbocycles. The molecule has 0 bridgehead atoms. The highest BCUT2D eigenvalue weighted by molar-refractivity contribution is 5.75. The Hall–Kier alpha value is -0.650. The third-order valence-corrected chi connectivity index (χ3v) is 3.64. The fourth-order valence-corrected chi connectivity index (χ4v) is 2.32. The molecule has 5 nitrogen and oxygen atoms in total. The molecule has 2 fully saturated rings. The fraction of sp³-hybridized carbons (Fsp3) is 0.917. The van der Waals surface area contributed by atoms with E-state index in [-0.39, 0.29) is 5.97 Å². The van der Waals surface area contributed by atoms with Crippen LogP contribution in [0.1, 0.15) is 12.8 Å². The molecule has 1 aliphatic heterocycles. The number of carbonyl (C=O) groups excluding carboxylic acids is 1. The van der Waals surface area contributed by atoms with Crippen molar-refractivity contribution in [2.75, 3.05) is 46.4 Å². The van der Waals surface area contributed by atoms with E-state index in [0.29, 0.717) is 6.54 Å². The number of hydrogen-bond donors (Lipinski definition) is 1. The smallest absolute Gasteiger partial charge is 0.323 e. The van der Waals surface area contributed by atoms with Gasteiger partial charge >= 0.3 is 5.97 Å². The Morgan fingerprint density at radius 3 is 2.41 bits per heavy atom. The van der Waals surface area contributed by atoms with Gasteiger partial charge in [0.05, 0.1) is 7.11 Å². The minimum atomic E-state index is -0.505. The van der Waals surface area contributed by atoms with Gasteiger partial charge in [-0.15, -0.1) is 0 Å². The highest BCUT2D eigenvalue weighted by Gasteiger charge is 2.27. The Morgan fingerprint density at radius 2 is 1.88 bits per heavy atom. The SMILES string of the molecule is COC(=O)C(N)CN1CCN(CC2CC2)CC1. The monoisotopic (exact) mass is 241 g/mol. The molecule has 1 heterocycles. The number of carbonyl (C=O) groups is 1. The number of rotatable bonds is 5. The number of nitrogens with zero attached hydrogens (tertiary/aromatic N) is 2. The predicted molar refractivity (Wildman–Crippen MR) is 65.6 cm³/mol. The lowest BCUT2D eigenvalue weighted by molar-refractivity contribution is -0.142. The summed E-state index contributed by atoms with van der Waals surface area (Å²) in [6.45, 7) is 6.10. The van der Waals surface area contributed by atoms with Crippen molar-refractivity contribution in [1.82, 2.24) is 9.80 Å². The fourth-order valence-electron chi connectivity index (χ4n) is 2.32. The molecule has 0 radical (unpaired) electrons. The second-order valence-corrected chi connectivity index (χ2v) is 5.17. The van der Waals surface area contributed by atoms with Gasteiger partial charge in [-0.2, -0.15) is 0 Å². The molecular weight excluding hydrogens is 218 g/mol. The summed E-state index contributed by atoms with van der Waals surface area (Å²) in [6.07, 6.45) is 2.82. The molecule has 1 aliphatic carbocycles. The molecule has 17 heavy (non-hydrogen) atoms. The third kappa shape index (κ3) is 3.94. The second kappa shape index (κ2) is 5.80. The van der Waals surface area contributed by atoms with Gasteiger partial charge in [0, 0.05) is 39.3 Å². The largest absolute Gasteiger partial charge is 0.468 e. The average molecular weight is 241 g/mol. The third-order valence-electron chi connectivity index (χ3n) is 3.64. The quantitative estimate of drug-likeness (QED) is 0.659. The second-order valence-electron chi connectivity index (χ2n) is 5.17. The lowest BCUT2D eigenvalue weighted by atomic mass is 10.2. The normalized spacial score (nSPS) is 24.6. The zero-order valence-electron chi connectivity index (χ0n) is 10.6. The Kier molecular flexibility index (Phi) is 4.36. The molecule has 0 aromatic heterocycles. The zero-order valence-corrected chi connectivity index (χ0v) is 10.6. The maximum absolute atomic E-state index is 11.2.